The fraction of sp³-hybridized carbons (Fsp3) is 0.455. The van der Waals surface area contributed by atoms with Crippen molar-refractivity contribution in [1.29, 1.82) is 0 Å². The van der Waals surface area contributed by atoms with Gasteiger partial charge in [0.15, 0.2) is 0 Å². The third-order valence-corrected chi connectivity index (χ3v) is 2.96. The lowest BCUT2D eigenvalue weighted by molar-refractivity contribution is 1.12. The number of benzene rings is 1. The molecule has 0 saturated carbocycles. The molecule has 0 aromatic heterocycles. The van der Waals surface area contributed by atoms with Gasteiger partial charge >= 0.3 is 0 Å². The lowest BCUT2D eigenvalue weighted by atomic mass is 10.1. The zero-order chi connectivity index (χ0) is 11.1. The van der Waals surface area contributed by atoms with Crippen molar-refractivity contribution >= 4 is 11.8 Å². The van der Waals surface area contributed by atoms with E-state index in [1.165, 1.54) is 16.7 Å². The van der Waals surface area contributed by atoms with Gasteiger partial charge in [-0.15, -0.1) is 0 Å². The molecule has 3 nitrogen and oxygen atoms in total. The highest BCUT2D eigenvalue weighted by Gasteiger charge is 1.96. The fourth-order valence-corrected chi connectivity index (χ4v) is 2.25. The molecular weight excluding hydrogens is 206 g/mol. The number of hydrogen-bond acceptors (Lipinski definition) is 2. The zero-order valence-electron chi connectivity index (χ0n) is 9.10. The molecule has 1 aromatic carbocycles. The van der Waals surface area contributed by atoms with Crippen molar-refractivity contribution in [3.63, 3.8) is 0 Å². The minimum Gasteiger partial charge on any atom is -0.157 e. The van der Waals surface area contributed by atoms with E-state index < -0.39 is 0 Å². The Morgan fingerprint density at radius 2 is 1.93 bits per heavy atom. The van der Waals surface area contributed by atoms with Gasteiger partial charge in [-0.2, -0.15) is 11.8 Å². The van der Waals surface area contributed by atoms with E-state index in [9.17, 15) is 0 Å². The Morgan fingerprint density at radius 3 is 2.53 bits per heavy atom. The number of nitrogens with zero attached hydrogens (tertiary/aromatic N) is 3. The molecule has 0 N–H and O–H groups in total. The zero-order valence-corrected chi connectivity index (χ0v) is 9.92. The first kappa shape index (κ1) is 12.0. The molecule has 0 aliphatic rings. The second-order valence-corrected chi connectivity index (χ2v) is 4.61. The van der Waals surface area contributed by atoms with E-state index in [1.807, 2.05) is 0 Å². The van der Waals surface area contributed by atoms with E-state index in [-0.39, 0.29) is 0 Å². The quantitative estimate of drug-likeness (QED) is 0.322. The highest BCUT2D eigenvalue weighted by molar-refractivity contribution is 7.98. The molecule has 0 radical (unpaired) electrons. The van der Waals surface area contributed by atoms with Crippen LogP contribution in [0.15, 0.2) is 23.3 Å². The molecule has 0 heterocycles. The minimum atomic E-state index is 0.575. The van der Waals surface area contributed by atoms with Gasteiger partial charge in [0, 0.05) is 17.2 Å². The predicted molar refractivity (Wildman–Crippen MR) is 66.1 cm³/mol. The van der Waals surface area contributed by atoms with Gasteiger partial charge in [0.1, 0.15) is 0 Å². The average molecular weight is 221 g/mol. The molecule has 0 aliphatic heterocycles. The maximum Gasteiger partial charge on any atom is 0.0348 e. The molecular formula is C11H15N3S. The smallest absolute Gasteiger partial charge is 0.0348 e. The highest BCUT2D eigenvalue weighted by atomic mass is 32.2. The summed E-state index contributed by atoms with van der Waals surface area (Å²) >= 11 is 1.80. The van der Waals surface area contributed by atoms with E-state index in [4.69, 9.17) is 5.53 Å². The standard InChI is InChI=1S/C11H15N3S/c1-9-5-10(2)7-11(6-9)8-15-4-3-13-14-12/h5-7H,3-4,8H2,1-2H3. The molecule has 80 valence electrons. The molecule has 15 heavy (non-hydrogen) atoms. The first-order chi connectivity index (χ1) is 7.22. The maximum absolute atomic E-state index is 8.10. The van der Waals surface area contributed by atoms with Crippen molar-refractivity contribution in [2.45, 2.75) is 19.6 Å². The van der Waals surface area contributed by atoms with Crippen molar-refractivity contribution in [1.82, 2.24) is 0 Å². The third-order valence-electron chi connectivity index (χ3n) is 1.95. The molecule has 4 heteroatoms. The van der Waals surface area contributed by atoms with E-state index in [1.54, 1.807) is 11.8 Å². The molecule has 0 fully saturated rings. The Balaban J connectivity index is 2.40. The van der Waals surface area contributed by atoms with Crippen LogP contribution in [0.25, 0.3) is 10.4 Å². The molecule has 0 saturated heterocycles. The largest absolute Gasteiger partial charge is 0.157 e. The van der Waals surface area contributed by atoms with E-state index >= 15 is 0 Å². The van der Waals surface area contributed by atoms with Crippen LogP contribution in [0.1, 0.15) is 16.7 Å². The first-order valence-electron chi connectivity index (χ1n) is 4.88. The van der Waals surface area contributed by atoms with Crippen molar-refractivity contribution in [2.75, 3.05) is 12.3 Å². The van der Waals surface area contributed by atoms with Crippen LogP contribution in [0.2, 0.25) is 0 Å². The third kappa shape index (κ3) is 4.77. The number of rotatable bonds is 5. The van der Waals surface area contributed by atoms with Gasteiger partial charge in [0.05, 0.1) is 0 Å². The van der Waals surface area contributed by atoms with Crippen molar-refractivity contribution in [3.8, 4) is 0 Å². The summed E-state index contributed by atoms with van der Waals surface area (Å²) in [7, 11) is 0. The summed E-state index contributed by atoms with van der Waals surface area (Å²) in [5, 5.41) is 3.50. The second-order valence-electron chi connectivity index (χ2n) is 3.50. The molecule has 0 spiro atoms. The Morgan fingerprint density at radius 1 is 1.27 bits per heavy atom. The fourth-order valence-electron chi connectivity index (χ4n) is 1.49. The van der Waals surface area contributed by atoms with E-state index in [0.717, 1.165) is 11.5 Å². The lowest BCUT2D eigenvalue weighted by Gasteiger charge is -2.03. The van der Waals surface area contributed by atoms with Crippen molar-refractivity contribution in [3.05, 3.63) is 45.3 Å². The van der Waals surface area contributed by atoms with E-state index in [2.05, 4.69) is 42.1 Å². The molecule has 1 aromatic rings. The van der Waals surface area contributed by atoms with Gasteiger partial charge in [-0.25, -0.2) is 0 Å². The summed E-state index contributed by atoms with van der Waals surface area (Å²) in [5.41, 5.74) is 12.1. The second kappa shape index (κ2) is 6.38. The topological polar surface area (TPSA) is 48.8 Å². The van der Waals surface area contributed by atoms with Crippen LogP contribution in [-0.4, -0.2) is 12.3 Å². The van der Waals surface area contributed by atoms with Crippen LogP contribution in [0, 0.1) is 13.8 Å². The van der Waals surface area contributed by atoms with Gasteiger partial charge in [0.25, 0.3) is 0 Å². The maximum atomic E-state index is 8.10. The Bertz CT molecular complexity index is 350. The minimum absolute atomic E-state index is 0.575. The normalized spacial score (nSPS) is 9.73. The summed E-state index contributed by atoms with van der Waals surface area (Å²) in [6, 6.07) is 6.58. The first-order valence-corrected chi connectivity index (χ1v) is 6.03. The number of aryl methyl sites for hydroxylation is 2. The van der Waals surface area contributed by atoms with Gasteiger partial charge in [-0.05, 0) is 30.7 Å². The van der Waals surface area contributed by atoms with Gasteiger partial charge in [-0.3, -0.25) is 0 Å². The monoisotopic (exact) mass is 221 g/mol. The van der Waals surface area contributed by atoms with Crippen LogP contribution >= 0.6 is 11.8 Å². The van der Waals surface area contributed by atoms with Gasteiger partial charge < -0.3 is 0 Å². The predicted octanol–water partition coefficient (Wildman–Crippen LogP) is 3.85. The molecule has 0 aliphatic carbocycles. The summed E-state index contributed by atoms with van der Waals surface area (Å²) < 4.78 is 0. The van der Waals surface area contributed by atoms with Crippen LogP contribution in [0.3, 0.4) is 0 Å². The molecule has 0 atom stereocenters. The Hall–Kier alpha value is -1.12. The van der Waals surface area contributed by atoms with Gasteiger partial charge in [-0.1, -0.05) is 34.4 Å². The van der Waals surface area contributed by atoms with Crippen molar-refractivity contribution in [2.24, 2.45) is 5.11 Å². The highest BCUT2D eigenvalue weighted by Crippen LogP contribution is 2.15. The molecule has 0 bridgehead atoms. The van der Waals surface area contributed by atoms with E-state index in [0.29, 0.717) is 6.54 Å². The Kier molecular flexibility index (Phi) is 5.08. The number of thioether (sulfide) groups is 1. The molecule has 0 amide bonds. The molecule has 1 rings (SSSR count). The summed E-state index contributed by atoms with van der Waals surface area (Å²) in [4.78, 5) is 2.72. The van der Waals surface area contributed by atoms with Crippen LogP contribution in [0.5, 0.6) is 0 Å². The van der Waals surface area contributed by atoms with Gasteiger partial charge in [0.2, 0.25) is 0 Å². The average Bonchev–Trinajstić information content (AvgIpc) is 2.16. The summed E-state index contributed by atoms with van der Waals surface area (Å²) in [6.07, 6.45) is 0. The summed E-state index contributed by atoms with van der Waals surface area (Å²) in [5.74, 6) is 1.88. The lowest BCUT2D eigenvalue weighted by Crippen LogP contribution is -1.88. The SMILES string of the molecule is Cc1cc(C)cc(CSCCN=[N+]=[N-])c1. The number of hydrogen-bond donors (Lipinski definition) is 0. The van der Waals surface area contributed by atoms with Crippen molar-refractivity contribution < 1.29 is 0 Å². The molecule has 0 unspecified atom stereocenters. The van der Waals surface area contributed by atoms with Crippen LogP contribution in [0.4, 0.5) is 0 Å². The summed E-state index contributed by atoms with van der Waals surface area (Å²) in [6.45, 7) is 4.80. The number of azide groups is 1. The Labute approximate surface area is 94.5 Å². The van der Waals surface area contributed by atoms with Crippen LogP contribution < -0.4 is 0 Å². The van der Waals surface area contributed by atoms with Crippen LogP contribution in [-0.2, 0) is 5.75 Å².